The molecule has 0 saturated carbocycles. The maximum absolute atomic E-state index is 14.1. The maximum atomic E-state index is 14.1. The minimum absolute atomic E-state index is 0.196. The summed E-state index contributed by atoms with van der Waals surface area (Å²) in [6.07, 6.45) is 11.3. The van der Waals surface area contributed by atoms with Crippen molar-refractivity contribution in [2.45, 2.75) is 71.0 Å². The highest BCUT2D eigenvalue weighted by Gasteiger charge is 2.34. The van der Waals surface area contributed by atoms with E-state index in [1.165, 1.54) is 12.5 Å². The van der Waals surface area contributed by atoms with Crippen molar-refractivity contribution in [3.8, 4) is 0 Å². The van der Waals surface area contributed by atoms with Gasteiger partial charge in [-0.3, -0.25) is 9.29 Å². The van der Waals surface area contributed by atoms with Crippen LogP contribution in [0.1, 0.15) is 79.7 Å². The number of allylic oxidation sites excluding steroid dienone is 6. The van der Waals surface area contributed by atoms with E-state index in [0.717, 1.165) is 66.6 Å². The molecule has 1 aliphatic rings. The topological polar surface area (TPSA) is 3.24 Å². The number of halogens is 4. The van der Waals surface area contributed by atoms with E-state index >= 15 is 0 Å². The first kappa shape index (κ1) is 30.6. The summed E-state index contributed by atoms with van der Waals surface area (Å²) in [6.45, 7) is 8.03. The first-order valence-corrected chi connectivity index (χ1v) is 14.1. The highest BCUT2D eigenvalue weighted by Crippen LogP contribution is 2.35. The number of piperidine rings is 1. The van der Waals surface area contributed by atoms with Gasteiger partial charge in [-0.15, -0.1) is 0 Å². The summed E-state index contributed by atoms with van der Waals surface area (Å²) < 4.78 is 55.0. The van der Waals surface area contributed by atoms with Crippen LogP contribution < -0.4 is 0 Å². The van der Waals surface area contributed by atoms with Gasteiger partial charge in [-0.05, 0) is 92.4 Å². The number of likely N-dealkylation sites (tertiary alicyclic amines) is 1. The van der Waals surface area contributed by atoms with Gasteiger partial charge in [0.25, 0.3) is 0 Å². The lowest BCUT2D eigenvalue weighted by atomic mass is 9.93. The average Bonchev–Trinajstić information content (AvgIpc) is 2.92. The fraction of sp³-hybridized carbons (Fsp3) is 0.412. The molecule has 210 valence electrons. The molecule has 0 amide bonds. The third kappa shape index (κ3) is 9.96. The average molecular weight is 540 g/mol. The van der Waals surface area contributed by atoms with Crippen molar-refractivity contribution in [3.63, 3.8) is 0 Å². The Morgan fingerprint density at radius 3 is 2.36 bits per heavy atom. The van der Waals surface area contributed by atoms with Crippen molar-refractivity contribution in [3.05, 3.63) is 107 Å². The van der Waals surface area contributed by atoms with E-state index in [0.29, 0.717) is 25.8 Å². The van der Waals surface area contributed by atoms with Crippen molar-refractivity contribution in [2.75, 3.05) is 19.8 Å². The summed E-state index contributed by atoms with van der Waals surface area (Å²) in [6, 6.07) is 13.0. The van der Waals surface area contributed by atoms with Gasteiger partial charge in [0, 0.05) is 6.54 Å². The standard InChI is InChI=1S/C34H41F4N/c1-27(2)32(28-16-9-5-10-17-28)20-12-4-3-8-19-30-24-29(18-11-6-13-21-35)31(25-33(30)34(36,37)38)26-39-22-14-7-15-23-39/h4-5,8-10,12,16-17,19-20,24-25H,1,3,6-7,11,13-15,18,21-23,26H2,2H3/b12-4-,19-8+,32-20+. The van der Waals surface area contributed by atoms with E-state index in [9.17, 15) is 17.6 Å². The Balaban J connectivity index is 1.81. The summed E-state index contributed by atoms with van der Waals surface area (Å²) in [5.74, 6) is 0. The molecule has 5 heteroatoms. The van der Waals surface area contributed by atoms with Crippen molar-refractivity contribution in [1.29, 1.82) is 0 Å². The number of benzene rings is 2. The van der Waals surface area contributed by atoms with Crippen LogP contribution in [-0.4, -0.2) is 24.7 Å². The largest absolute Gasteiger partial charge is 0.416 e. The van der Waals surface area contributed by atoms with Crippen molar-refractivity contribution >= 4 is 11.6 Å². The number of hydrogen-bond donors (Lipinski definition) is 0. The zero-order valence-corrected chi connectivity index (χ0v) is 23.1. The molecular formula is C34H41F4N. The molecule has 2 aromatic rings. The Labute approximate surface area is 231 Å². The van der Waals surface area contributed by atoms with Crippen molar-refractivity contribution < 1.29 is 17.6 Å². The van der Waals surface area contributed by atoms with Crippen LogP contribution >= 0.6 is 0 Å². The van der Waals surface area contributed by atoms with E-state index in [1.807, 2.05) is 55.5 Å². The van der Waals surface area contributed by atoms with Crippen molar-refractivity contribution in [2.24, 2.45) is 0 Å². The molecule has 1 aliphatic heterocycles. The molecule has 0 unspecified atom stereocenters. The molecule has 0 bridgehead atoms. The maximum Gasteiger partial charge on any atom is 0.416 e. The Bertz CT molecular complexity index is 1140. The zero-order valence-electron chi connectivity index (χ0n) is 23.1. The molecule has 3 rings (SSSR count). The zero-order chi connectivity index (χ0) is 28.1. The lowest BCUT2D eigenvalue weighted by molar-refractivity contribution is -0.137. The van der Waals surface area contributed by atoms with Crippen LogP contribution in [0.25, 0.3) is 11.6 Å². The van der Waals surface area contributed by atoms with Gasteiger partial charge in [0.2, 0.25) is 0 Å². The summed E-state index contributed by atoms with van der Waals surface area (Å²) in [5.41, 5.74) is 4.34. The monoisotopic (exact) mass is 539 g/mol. The molecule has 1 fully saturated rings. The number of nitrogens with zero attached hydrogens (tertiary/aromatic N) is 1. The molecule has 0 radical (unpaired) electrons. The van der Waals surface area contributed by atoms with Crippen LogP contribution in [0.5, 0.6) is 0 Å². The highest BCUT2D eigenvalue weighted by molar-refractivity contribution is 5.78. The molecule has 0 atom stereocenters. The highest BCUT2D eigenvalue weighted by atomic mass is 19.4. The third-order valence-electron chi connectivity index (χ3n) is 7.11. The Morgan fingerprint density at radius 1 is 0.949 bits per heavy atom. The minimum atomic E-state index is -4.44. The van der Waals surface area contributed by atoms with E-state index in [2.05, 4.69) is 11.5 Å². The molecule has 39 heavy (non-hydrogen) atoms. The van der Waals surface area contributed by atoms with Crippen LogP contribution in [0.4, 0.5) is 17.6 Å². The second-order valence-corrected chi connectivity index (χ2v) is 10.3. The molecule has 0 aliphatic carbocycles. The van der Waals surface area contributed by atoms with Gasteiger partial charge in [0.15, 0.2) is 0 Å². The first-order chi connectivity index (χ1) is 18.8. The van der Waals surface area contributed by atoms with E-state index in [1.54, 1.807) is 18.2 Å². The number of alkyl halides is 4. The SMILES string of the molecule is C=C(C)/C(=C\C=C/C/C=C/c1cc(CCCCCF)c(CN2CCCCC2)cc1C(F)(F)F)c1ccccc1. The number of aryl methyl sites for hydroxylation is 1. The molecule has 0 aromatic heterocycles. The summed E-state index contributed by atoms with van der Waals surface area (Å²) in [4.78, 5) is 2.26. The smallest absolute Gasteiger partial charge is 0.299 e. The van der Waals surface area contributed by atoms with Crippen molar-refractivity contribution in [1.82, 2.24) is 4.90 Å². The lowest BCUT2D eigenvalue weighted by Crippen LogP contribution is -2.29. The third-order valence-corrected chi connectivity index (χ3v) is 7.11. The van der Waals surface area contributed by atoms with Gasteiger partial charge in [-0.1, -0.05) is 91.8 Å². The summed E-state index contributed by atoms with van der Waals surface area (Å²) in [7, 11) is 0. The van der Waals surface area contributed by atoms with E-state index < -0.39 is 11.7 Å². The quantitative estimate of drug-likeness (QED) is 0.139. The fourth-order valence-electron chi connectivity index (χ4n) is 5.04. The van der Waals surface area contributed by atoms with Gasteiger partial charge in [-0.2, -0.15) is 13.2 Å². The summed E-state index contributed by atoms with van der Waals surface area (Å²) >= 11 is 0. The normalized spacial score (nSPS) is 15.5. The molecule has 0 N–H and O–H groups in total. The molecule has 1 heterocycles. The molecule has 0 spiro atoms. The molecule has 2 aromatic carbocycles. The van der Waals surface area contributed by atoms with Gasteiger partial charge in [0.05, 0.1) is 12.2 Å². The Kier molecular flexibility index (Phi) is 12.3. The van der Waals surface area contributed by atoms with Crippen LogP contribution in [0.2, 0.25) is 0 Å². The number of hydrogen-bond acceptors (Lipinski definition) is 1. The van der Waals surface area contributed by atoms with Gasteiger partial charge >= 0.3 is 6.18 Å². The second-order valence-electron chi connectivity index (χ2n) is 10.3. The Morgan fingerprint density at radius 2 is 1.69 bits per heavy atom. The first-order valence-electron chi connectivity index (χ1n) is 14.1. The number of rotatable bonds is 13. The van der Waals surface area contributed by atoms with E-state index in [4.69, 9.17) is 0 Å². The minimum Gasteiger partial charge on any atom is -0.299 e. The van der Waals surface area contributed by atoms with Gasteiger partial charge in [0.1, 0.15) is 0 Å². The van der Waals surface area contributed by atoms with Crippen LogP contribution in [0.15, 0.2) is 78.9 Å². The van der Waals surface area contributed by atoms with Crippen LogP contribution in [0.3, 0.4) is 0 Å². The number of unbranched alkanes of at least 4 members (excludes halogenated alkanes) is 2. The summed E-state index contributed by atoms with van der Waals surface area (Å²) in [5, 5.41) is 0. The predicted octanol–water partition coefficient (Wildman–Crippen LogP) is 9.99. The lowest BCUT2D eigenvalue weighted by Gasteiger charge is -2.28. The molecular weight excluding hydrogens is 498 g/mol. The van der Waals surface area contributed by atoms with Gasteiger partial charge in [-0.25, -0.2) is 0 Å². The Hall–Kier alpha value is -2.92. The molecule has 1 nitrogen and oxygen atoms in total. The molecule has 1 saturated heterocycles. The van der Waals surface area contributed by atoms with Crippen LogP contribution in [0, 0.1) is 0 Å². The second kappa shape index (κ2) is 15.6. The van der Waals surface area contributed by atoms with Crippen LogP contribution in [-0.2, 0) is 19.1 Å². The fourth-order valence-corrected chi connectivity index (χ4v) is 5.04. The van der Waals surface area contributed by atoms with Gasteiger partial charge < -0.3 is 0 Å². The van der Waals surface area contributed by atoms with E-state index in [-0.39, 0.29) is 12.2 Å². The predicted molar refractivity (Wildman–Crippen MR) is 156 cm³/mol.